The molecule has 1 aliphatic rings. The minimum Gasteiger partial charge on any atom is -0.334 e. The third-order valence-corrected chi connectivity index (χ3v) is 5.92. The smallest absolute Gasteiger partial charge is 0.258 e. The fourth-order valence-corrected chi connectivity index (χ4v) is 3.53. The molecule has 1 N–H and O–H groups in total. The molecule has 24 heavy (non-hydrogen) atoms. The van der Waals surface area contributed by atoms with E-state index in [1.54, 1.807) is 24.3 Å². The van der Waals surface area contributed by atoms with Crippen LogP contribution in [0.4, 0.5) is 0 Å². The standard InChI is InChI=1S/C15H21N5O3S/c1-19(2)24(21,22)12-6-4-5-11(9-12)15-17-14(18-23-15)13-10-16-7-8-20(13)3/h4-6,9,13,16H,7-8,10H2,1-3H3. The summed E-state index contributed by atoms with van der Waals surface area (Å²) in [5, 5.41) is 7.37. The molecule has 0 saturated carbocycles. The van der Waals surface area contributed by atoms with E-state index < -0.39 is 10.0 Å². The summed E-state index contributed by atoms with van der Waals surface area (Å²) in [5.74, 6) is 0.917. The molecule has 3 rings (SSSR count). The minimum atomic E-state index is -3.50. The van der Waals surface area contributed by atoms with Gasteiger partial charge in [-0.1, -0.05) is 11.2 Å². The predicted molar refractivity (Wildman–Crippen MR) is 88.8 cm³/mol. The van der Waals surface area contributed by atoms with Crippen LogP contribution < -0.4 is 5.32 Å². The second-order valence-corrected chi connectivity index (χ2v) is 8.13. The Morgan fingerprint density at radius 1 is 1.38 bits per heavy atom. The van der Waals surface area contributed by atoms with Gasteiger partial charge >= 0.3 is 0 Å². The van der Waals surface area contributed by atoms with E-state index in [9.17, 15) is 8.42 Å². The predicted octanol–water partition coefficient (Wildman–Crippen LogP) is 0.563. The van der Waals surface area contributed by atoms with Crippen LogP contribution in [0.3, 0.4) is 0 Å². The number of nitrogens with zero attached hydrogens (tertiary/aromatic N) is 4. The summed E-state index contributed by atoms with van der Waals surface area (Å²) in [6.45, 7) is 2.60. The number of hydrogen-bond acceptors (Lipinski definition) is 7. The molecule has 2 aromatic rings. The normalized spacial score (nSPS) is 19.8. The van der Waals surface area contributed by atoms with E-state index in [1.807, 2.05) is 7.05 Å². The Hall–Kier alpha value is -1.81. The first-order chi connectivity index (χ1) is 11.4. The van der Waals surface area contributed by atoms with Gasteiger partial charge in [0.1, 0.15) is 0 Å². The van der Waals surface area contributed by atoms with E-state index in [2.05, 4.69) is 20.4 Å². The van der Waals surface area contributed by atoms with Crippen molar-refractivity contribution in [3.8, 4) is 11.5 Å². The topological polar surface area (TPSA) is 91.6 Å². The molecular weight excluding hydrogens is 330 g/mol. The van der Waals surface area contributed by atoms with Crippen molar-refractivity contribution in [2.75, 3.05) is 40.8 Å². The van der Waals surface area contributed by atoms with Crippen LogP contribution in [0.25, 0.3) is 11.5 Å². The molecule has 1 aliphatic heterocycles. The highest BCUT2D eigenvalue weighted by atomic mass is 32.2. The molecule has 0 aliphatic carbocycles. The molecule has 130 valence electrons. The van der Waals surface area contributed by atoms with Gasteiger partial charge in [0.25, 0.3) is 5.89 Å². The van der Waals surface area contributed by atoms with Gasteiger partial charge in [-0.25, -0.2) is 12.7 Å². The van der Waals surface area contributed by atoms with Crippen molar-refractivity contribution in [3.63, 3.8) is 0 Å². The van der Waals surface area contributed by atoms with Crippen molar-refractivity contribution < 1.29 is 12.9 Å². The Morgan fingerprint density at radius 2 is 2.17 bits per heavy atom. The molecule has 1 aromatic heterocycles. The average Bonchev–Trinajstić information content (AvgIpc) is 3.05. The van der Waals surface area contributed by atoms with E-state index in [0.717, 1.165) is 19.6 Å². The number of sulfonamides is 1. The van der Waals surface area contributed by atoms with Crippen LogP contribution in [0.5, 0.6) is 0 Å². The Kier molecular flexibility index (Phi) is 4.68. The third-order valence-electron chi connectivity index (χ3n) is 4.11. The Morgan fingerprint density at radius 3 is 2.88 bits per heavy atom. The maximum atomic E-state index is 12.3. The summed E-state index contributed by atoms with van der Waals surface area (Å²) in [4.78, 5) is 6.82. The van der Waals surface area contributed by atoms with Gasteiger partial charge in [0.15, 0.2) is 5.82 Å². The van der Waals surface area contributed by atoms with Crippen molar-refractivity contribution in [2.45, 2.75) is 10.9 Å². The first kappa shape index (κ1) is 17.0. The number of likely N-dealkylation sites (N-methyl/N-ethyl adjacent to an activating group) is 1. The van der Waals surface area contributed by atoms with Crippen molar-refractivity contribution in [2.24, 2.45) is 0 Å². The fourth-order valence-electron chi connectivity index (χ4n) is 2.58. The lowest BCUT2D eigenvalue weighted by Gasteiger charge is -2.30. The summed E-state index contributed by atoms with van der Waals surface area (Å²) < 4.78 is 31.0. The Bertz CT molecular complexity index is 818. The van der Waals surface area contributed by atoms with Crippen molar-refractivity contribution >= 4 is 10.0 Å². The van der Waals surface area contributed by atoms with E-state index in [-0.39, 0.29) is 10.9 Å². The SMILES string of the molecule is CN1CCNCC1c1noc(-c2cccc(S(=O)(=O)N(C)C)c2)n1. The van der Waals surface area contributed by atoms with Crippen molar-refractivity contribution in [1.82, 2.24) is 24.7 Å². The van der Waals surface area contributed by atoms with Gasteiger partial charge in [0, 0.05) is 39.3 Å². The number of rotatable bonds is 4. The maximum absolute atomic E-state index is 12.3. The fraction of sp³-hybridized carbons (Fsp3) is 0.467. The van der Waals surface area contributed by atoms with E-state index in [0.29, 0.717) is 17.3 Å². The molecule has 0 bridgehead atoms. The van der Waals surface area contributed by atoms with Gasteiger partial charge in [-0.3, -0.25) is 4.90 Å². The molecule has 1 saturated heterocycles. The zero-order valence-corrected chi connectivity index (χ0v) is 14.7. The Balaban J connectivity index is 1.91. The monoisotopic (exact) mass is 351 g/mol. The largest absolute Gasteiger partial charge is 0.334 e. The highest BCUT2D eigenvalue weighted by Gasteiger charge is 2.26. The number of benzene rings is 1. The molecule has 1 fully saturated rings. The summed E-state index contributed by atoms with van der Waals surface area (Å²) in [6, 6.07) is 6.58. The highest BCUT2D eigenvalue weighted by Crippen LogP contribution is 2.25. The summed E-state index contributed by atoms with van der Waals surface area (Å²) in [7, 11) is 1.51. The lowest BCUT2D eigenvalue weighted by Crippen LogP contribution is -2.44. The van der Waals surface area contributed by atoms with Crippen LogP contribution in [0.2, 0.25) is 0 Å². The average molecular weight is 351 g/mol. The maximum Gasteiger partial charge on any atom is 0.258 e. The first-order valence-electron chi connectivity index (χ1n) is 7.67. The van der Waals surface area contributed by atoms with Crippen molar-refractivity contribution in [3.05, 3.63) is 30.1 Å². The molecule has 0 amide bonds. The van der Waals surface area contributed by atoms with Gasteiger partial charge in [-0.15, -0.1) is 0 Å². The minimum absolute atomic E-state index is 0.0462. The molecule has 1 aromatic carbocycles. The lowest BCUT2D eigenvalue weighted by molar-refractivity contribution is 0.190. The third kappa shape index (κ3) is 3.20. The lowest BCUT2D eigenvalue weighted by atomic mass is 10.2. The van der Waals surface area contributed by atoms with Gasteiger partial charge in [-0.05, 0) is 25.2 Å². The second kappa shape index (κ2) is 6.60. The number of piperazine rings is 1. The van der Waals surface area contributed by atoms with E-state index in [1.165, 1.54) is 18.4 Å². The summed E-state index contributed by atoms with van der Waals surface area (Å²) >= 11 is 0. The van der Waals surface area contributed by atoms with Crippen LogP contribution in [-0.4, -0.2) is 68.5 Å². The highest BCUT2D eigenvalue weighted by molar-refractivity contribution is 7.89. The number of nitrogens with one attached hydrogen (secondary N) is 1. The van der Waals surface area contributed by atoms with Crippen LogP contribution in [0.1, 0.15) is 11.9 Å². The zero-order valence-electron chi connectivity index (χ0n) is 13.9. The molecule has 8 nitrogen and oxygen atoms in total. The number of hydrogen-bond donors (Lipinski definition) is 1. The first-order valence-corrected chi connectivity index (χ1v) is 9.11. The molecule has 0 radical (unpaired) electrons. The van der Waals surface area contributed by atoms with Crippen LogP contribution in [0.15, 0.2) is 33.7 Å². The van der Waals surface area contributed by atoms with Gasteiger partial charge in [0.2, 0.25) is 10.0 Å². The van der Waals surface area contributed by atoms with Gasteiger partial charge in [-0.2, -0.15) is 4.98 Å². The molecular formula is C15H21N5O3S. The molecule has 0 spiro atoms. The summed E-state index contributed by atoms with van der Waals surface area (Å²) in [5.41, 5.74) is 0.586. The van der Waals surface area contributed by atoms with Crippen LogP contribution in [0, 0.1) is 0 Å². The molecule has 1 unspecified atom stereocenters. The zero-order chi connectivity index (χ0) is 17.3. The quantitative estimate of drug-likeness (QED) is 0.860. The number of aromatic nitrogens is 2. The molecule has 9 heteroatoms. The second-order valence-electron chi connectivity index (χ2n) is 5.97. The Labute approximate surface area is 141 Å². The molecule has 2 heterocycles. The van der Waals surface area contributed by atoms with Crippen LogP contribution >= 0.6 is 0 Å². The molecule has 1 atom stereocenters. The summed E-state index contributed by atoms with van der Waals surface area (Å²) in [6.07, 6.45) is 0. The van der Waals surface area contributed by atoms with E-state index >= 15 is 0 Å². The van der Waals surface area contributed by atoms with Gasteiger partial charge in [0.05, 0.1) is 10.9 Å². The van der Waals surface area contributed by atoms with E-state index in [4.69, 9.17) is 4.52 Å². The van der Waals surface area contributed by atoms with Gasteiger partial charge < -0.3 is 9.84 Å². The van der Waals surface area contributed by atoms with Crippen molar-refractivity contribution in [1.29, 1.82) is 0 Å². The van der Waals surface area contributed by atoms with Crippen LogP contribution in [-0.2, 0) is 10.0 Å².